The van der Waals surface area contributed by atoms with Crippen LogP contribution in [0.2, 0.25) is 0 Å². The van der Waals surface area contributed by atoms with Crippen LogP contribution in [0.1, 0.15) is 96.0 Å². The molecule has 0 saturated carbocycles. The molecule has 4 nitrogen and oxygen atoms in total. The van der Waals surface area contributed by atoms with E-state index in [1.165, 1.54) is 63.4 Å². The first kappa shape index (κ1) is 27.1. The molecule has 4 N–H and O–H groups in total. The van der Waals surface area contributed by atoms with E-state index in [0.29, 0.717) is 13.2 Å². The first-order chi connectivity index (χ1) is 14.8. The normalized spacial score (nSPS) is 13.4. The number of rotatable bonds is 21. The Hall–Kier alpha value is -0.940. The van der Waals surface area contributed by atoms with Crippen molar-refractivity contribution in [2.45, 2.75) is 109 Å². The second kappa shape index (κ2) is 20.0. The number of hydrogen-bond acceptors (Lipinski definition) is 4. The van der Waals surface area contributed by atoms with Gasteiger partial charge in [0.15, 0.2) is 0 Å². The molecular formula is C26H48N2O2. The molecule has 0 heterocycles. The van der Waals surface area contributed by atoms with Crippen LogP contribution in [0.3, 0.4) is 0 Å². The Kier molecular flexibility index (Phi) is 18.1. The molecule has 1 aromatic rings. The first-order valence-corrected chi connectivity index (χ1v) is 12.5. The summed E-state index contributed by atoms with van der Waals surface area (Å²) in [4.78, 5) is 0. The van der Waals surface area contributed by atoms with Crippen LogP contribution < -0.4 is 11.1 Å². The van der Waals surface area contributed by atoms with Crippen molar-refractivity contribution in [3.63, 3.8) is 0 Å². The van der Waals surface area contributed by atoms with Gasteiger partial charge in [-0.3, -0.25) is 0 Å². The summed E-state index contributed by atoms with van der Waals surface area (Å²) in [7, 11) is 0. The summed E-state index contributed by atoms with van der Waals surface area (Å²) in [5.74, 6) is 0. The monoisotopic (exact) mass is 420 g/mol. The van der Waals surface area contributed by atoms with Crippen molar-refractivity contribution in [1.82, 2.24) is 5.32 Å². The lowest BCUT2D eigenvalue weighted by molar-refractivity contribution is 0.0271. The van der Waals surface area contributed by atoms with E-state index in [0.717, 1.165) is 32.2 Å². The van der Waals surface area contributed by atoms with E-state index in [4.69, 9.17) is 10.5 Å². The van der Waals surface area contributed by atoms with E-state index in [1.54, 1.807) is 0 Å². The molecule has 0 aromatic heterocycles. The number of aliphatic hydroxyl groups is 1. The maximum absolute atomic E-state index is 9.53. The lowest BCUT2D eigenvalue weighted by Gasteiger charge is -2.21. The number of nitrogens with two attached hydrogens (primary N) is 1. The van der Waals surface area contributed by atoms with Crippen molar-refractivity contribution in [1.29, 1.82) is 0 Å². The summed E-state index contributed by atoms with van der Waals surface area (Å²) in [6.07, 6.45) is 16.4. The third-order valence-electron chi connectivity index (χ3n) is 5.83. The van der Waals surface area contributed by atoms with Gasteiger partial charge in [0, 0.05) is 6.04 Å². The minimum atomic E-state index is 0.149. The number of benzene rings is 1. The standard InChI is InChI=1S/C26H48N2O2/c1-2-3-4-5-6-7-8-9-13-18-26(30-23-24-15-11-10-12-16-24)19-21-28-25(22-29)17-14-20-27/h10-12,15-16,25-26,28-29H,2-9,13-14,17-23,27H2,1H3/t25-,26-/m1/s1. The summed E-state index contributed by atoms with van der Waals surface area (Å²) in [6, 6.07) is 10.6. The molecule has 0 bridgehead atoms. The van der Waals surface area contributed by atoms with E-state index < -0.39 is 0 Å². The van der Waals surface area contributed by atoms with E-state index in [-0.39, 0.29) is 18.8 Å². The highest BCUT2D eigenvalue weighted by atomic mass is 16.5. The van der Waals surface area contributed by atoms with Crippen LogP contribution in [0.25, 0.3) is 0 Å². The zero-order valence-electron chi connectivity index (χ0n) is 19.5. The molecule has 0 aliphatic rings. The number of hydrogen-bond donors (Lipinski definition) is 3. The second-order valence-electron chi connectivity index (χ2n) is 8.59. The lowest BCUT2D eigenvalue weighted by Crippen LogP contribution is -2.35. The van der Waals surface area contributed by atoms with Gasteiger partial charge in [0.2, 0.25) is 0 Å². The lowest BCUT2D eigenvalue weighted by atomic mass is 10.0. The van der Waals surface area contributed by atoms with Gasteiger partial charge in [-0.2, -0.15) is 0 Å². The fourth-order valence-corrected chi connectivity index (χ4v) is 3.85. The van der Waals surface area contributed by atoms with Gasteiger partial charge in [0.05, 0.1) is 19.3 Å². The maximum Gasteiger partial charge on any atom is 0.0720 e. The minimum absolute atomic E-state index is 0.149. The molecular weight excluding hydrogens is 372 g/mol. The first-order valence-electron chi connectivity index (χ1n) is 12.5. The van der Waals surface area contributed by atoms with E-state index in [1.807, 2.05) is 6.07 Å². The average molecular weight is 421 g/mol. The van der Waals surface area contributed by atoms with Crippen LogP contribution in [0.5, 0.6) is 0 Å². The Morgan fingerprint density at radius 3 is 2.17 bits per heavy atom. The minimum Gasteiger partial charge on any atom is -0.395 e. The van der Waals surface area contributed by atoms with Crippen molar-refractivity contribution >= 4 is 0 Å². The van der Waals surface area contributed by atoms with Gasteiger partial charge in [-0.15, -0.1) is 0 Å². The molecule has 4 heteroatoms. The van der Waals surface area contributed by atoms with E-state index >= 15 is 0 Å². The smallest absolute Gasteiger partial charge is 0.0720 e. The Morgan fingerprint density at radius 2 is 1.53 bits per heavy atom. The second-order valence-corrected chi connectivity index (χ2v) is 8.59. The molecule has 0 aliphatic carbocycles. The Balaban J connectivity index is 2.27. The summed E-state index contributed by atoms with van der Waals surface area (Å²) in [5, 5.41) is 13.0. The highest BCUT2D eigenvalue weighted by molar-refractivity contribution is 5.13. The Bertz CT molecular complexity index is 469. The molecule has 2 atom stereocenters. The topological polar surface area (TPSA) is 67.5 Å². The SMILES string of the molecule is CCCCCCCCCCC[C@H](CCN[C@@H](CO)CCCN)OCc1ccccc1. The van der Waals surface area contributed by atoms with Gasteiger partial charge in [0.1, 0.15) is 0 Å². The number of ether oxygens (including phenoxy) is 1. The van der Waals surface area contributed by atoms with Crippen LogP contribution in [0, 0.1) is 0 Å². The molecule has 0 amide bonds. The van der Waals surface area contributed by atoms with Crippen LogP contribution in [0.4, 0.5) is 0 Å². The van der Waals surface area contributed by atoms with Gasteiger partial charge >= 0.3 is 0 Å². The average Bonchev–Trinajstić information content (AvgIpc) is 2.78. The number of unbranched alkanes of at least 4 members (excludes halogenated alkanes) is 8. The zero-order valence-corrected chi connectivity index (χ0v) is 19.5. The molecule has 1 rings (SSSR count). The molecule has 0 saturated heterocycles. The highest BCUT2D eigenvalue weighted by Crippen LogP contribution is 2.15. The summed E-state index contributed by atoms with van der Waals surface area (Å²) >= 11 is 0. The van der Waals surface area contributed by atoms with Crippen molar-refractivity contribution < 1.29 is 9.84 Å². The fraction of sp³-hybridized carbons (Fsp3) is 0.769. The Labute approximate surface area is 186 Å². The van der Waals surface area contributed by atoms with Crippen molar-refractivity contribution in [3.8, 4) is 0 Å². The predicted octanol–water partition coefficient (Wildman–Crippen LogP) is 5.57. The molecule has 0 aliphatic heterocycles. The Morgan fingerprint density at radius 1 is 0.867 bits per heavy atom. The van der Waals surface area contributed by atoms with Crippen molar-refractivity contribution in [3.05, 3.63) is 35.9 Å². The third kappa shape index (κ3) is 15.0. The molecule has 0 spiro atoms. The summed E-state index contributed by atoms with van der Waals surface area (Å²) in [6.45, 7) is 4.69. The van der Waals surface area contributed by atoms with Crippen LogP contribution in [0.15, 0.2) is 30.3 Å². The van der Waals surface area contributed by atoms with Gasteiger partial charge in [-0.05, 0) is 44.3 Å². The molecule has 174 valence electrons. The molecule has 30 heavy (non-hydrogen) atoms. The number of aliphatic hydroxyl groups excluding tert-OH is 1. The molecule has 1 aromatic carbocycles. The van der Waals surface area contributed by atoms with Gasteiger partial charge in [-0.1, -0.05) is 95.0 Å². The van der Waals surface area contributed by atoms with E-state index in [9.17, 15) is 5.11 Å². The largest absolute Gasteiger partial charge is 0.395 e. The van der Waals surface area contributed by atoms with E-state index in [2.05, 4.69) is 36.5 Å². The van der Waals surface area contributed by atoms with Crippen LogP contribution in [-0.2, 0) is 11.3 Å². The third-order valence-corrected chi connectivity index (χ3v) is 5.83. The molecule has 0 radical (unpaired) electrons. The van der Waals surface area contributed by atoms with Crippen molar-refractivity contribution in [2.24, 2.45) is 5.73 Å². The van der Waals surface area contributed by atoms with Crippen molar-refractivity contribution in [2.75, 3.05) is 19.7 Å². The molecule has 0 unspecified atom stereocenters. The highest BCUT2D eigenvalue weighted by Gasteiger charge is 2.12. The zero-order chi connectivity index (χ0) is 21.7. The van der Waals surface area contributed by atoms with Crippen LogP contribution >= 0.6 is 0 Å². The van der Waals surface area contributed by atoms with Gasteiger partial charge in [0.25, 0.3) is 0 Å². The maximum atomic E-state index is 9.53. The van der Waals surface area contributed by atoms with Gasteiger partial charge in [-0.25, -0.2) is 0 Å². The predicted molar refractivity (Wildman–Crippen MR) is 129 cm³/mol. The summed E-state index contributed by atoms with van der Waals surface area (Å²) < 4.78 is 6.27. The quantitative estimate of drug-likeness (QED) is 0.227. The fourth-order valence-electron chi connectivity index (χ4n) is 3.85. The number of nitrogens with one attached hydrogen (secondary N) is 1. The molecule has 0 fully saturated rings. The van der Waals surface area contributed by atoms with Crippen LogP contribution in [-0.4, -0.2) is 36.9 Å². The summed E-state index contributed by atoms with van der Waals surface area (Å²) in [5.41, 5.74) is 6.83. The van der Waals surface area contributed by atoms with Gasteiger partial charge < -0.3 is 20.9 Å².